The van der Waals surface area contributed by atoms with Crippen LogP contribution in [-0.4, -0.2) is 59.0 Å². The molecule has 1 amide bonds. The van der Waals surface area contributed by atoms with Crippen molar-refractivity contribution in [3.8, 4) is 0 Å². The number of hydrogen-bond acceptors (Lipinski definition) is 7. The van der Waals surface area contributed by atoms with Gasteiger partial charge in [-0.2, -0.15) is 0 Å². The lowest BCUT2D eigenvalue weighted by molar-refractivity contribution is 0.0951. The van der Waals surface area contributed by atoms with Crippen LogP contribution in [0.15, 0.2) is 53.9 Å². The van der Waals surface area contributed by atoms with Gasteiger partial charge in [-0.05, 0) is 50.2 Å². The topological polar surface area (TPSA) is 74.2 Å². The molecule has 0 atom stereocenters. The molecular weight excluding hydrogens is 432 g/mol. The minimum atomic E-state index is -0.0904. The molecule has 1 aliphatic heterocycles. The van der Waals surface area contributed by atoms with E-state index in [9.17, 15) is 4.79 Å². The Balaban J connectivity index is 1.35. The number of pyridine rings is 1. The van der Waals surface area contributed by atoms with Gasteiger partial charge < -0.3 is 15.1 Å². The molecule has 1 saturated heterocycles. The lowest BCUT2D eigenvalue weighted by Crippen LogP contribution is -2.45. The second-order valence-electron chi connectivity index (χ2n) is 8.36. The predicted octanol–water partition coefficient (Wildman–Crippen LogP) is 3.46. The third-order valence-corrected chi connectivity index (χ3v) is 6.82. The number of nitrogens with one attached hydrogen (secondary N) is 1. The number of amides is 1. The molecule has 1 aliphatic rings. The van der Waals surface area contributed by atoms with Crippen molar-refractivity contribution in [1.29, 1.82) is 0 Å². The van der Waals surface area contributed by atoms with Gasteiger partial charge in [-0.15, -0.1) is 0 Å². The van der Waals surface area contributed by atoms with Crippen LogP contribution < -0.4 is 10.2 Å². The van der Waals surface area contributed by atoms with E-state index in [1.807, 2.05) is 36.4 Å². The van der Waals surface area contributed by atoms with Crippen LogP contribution in [-0.2, 0) is 12.3 Å². The summed E-state index contributed by atoms with van der Waals surface area (Å²) in [5.41, 5.74) is 4.94. The number of anilines is 1. The molecule has 3 aromatic rings. The van der Waals surface area contributed by atoms with Crippen LogP contribution in [0.3, 0.4) is 0 Å². The minimum Gasteiger partial charge on any atom is -0.354 e. The zero-order valence-electron chi connectivity index (χ0n) is 19.4. The minimum absolute atomic E-state index is 0.0904. The highest BCUT2D eigenvalue weighted by Gasteiger charge is 2.19. The fourth-order valence-corrected chi connectivity index (χ4v) is 4.51. The zero-order chi connectivity index (χ0) is 23.2. The number of aromatic nitrogens is 3. The lowest BCUT2D eigenvalue weighted by atomic mass is 10.1. The summed E-state index contributed by atoms with van der Waals surface area (Å²) in [6, 6.07) is 11.5. The first kappa shape index (κ1) is 23.2. The summed E-state index contributed by atoms with van der Waals surface area (Å²) in [6.45, 7) is 8.70. The van der Waals surface area contributed by atoms with Crippen molar-refractivity contribution in [3.63, 3.8) is 0 Å². The molecule has 1 fully saturated rings. The van der Waals surface area contributed by atoms with Gasteiger partial charge in [-0.25, -0.2) is 9.97 Å². The van der Waals surface area contributed by atoms with E-state index >= 15 is 0 Å². The Hall–Kier alpha value is -2.97. The van der Waals surface area contributed by atoms with Crippen LogP contribution in [0, 0.1) is 13.8 Å². The van der Waals surface area contributed by atoms with Gasteiger partial charge in [0.15, 0.2) is 5.16 Å². The van der Waals surface area contributed by atoms with E-state index in [1.54, 1.807) is 24.2 Å². The molecule has 2 aromatic heterocycles. The predicted molar refractivity (Wildman–Crippen MR) is 133 cm³/mol. The molecule has 1 N–H and O–H groups in total. The number of aryl methyl sites for hydroxylation is 1. The van der Waals surface area contributed by atoms with E-state index < -0.39 is 0 Å². The highest BCUT2D eigenvalue weighted by molar-refractivity contribution is 7.98. The van der Waals surface area contributed by atoms with Crippen molar-refractivity contribution in [2.45, 2.75) is 31.3 Å². The summed E-state index contributed by atoms with van der Waals surface area (Å²) < 4.78 is 0. The number of likely N-dealkylation sites (N-methyl/N-ethyl adjacent to an activating group) is 1. The number of carbonyl (C=O) groups is 1. The molecule has 1 aromatic carbocycles. The van der Waals surface area contributed by atoms with Crippen molar-refractivity contribution in [1.82, 2.24) is 25.2 Å². The van der Waals surface area contributed by atoms with Crippen molar-refractivity contribution in [2.24, 2.45) is 0 Å². The van der Waals surface area contributed by atoms with Crippen LogP contribution in [0.25, 0.3) is 0 Å². The molecule has 8 heteroatoms. The summed E-state index contributed by atoms with van der Waals surface area (Å²) in [6.07, 6.45) is 3.48. The van der Waals surface area contributed by atoms with Gasteiger partial charge >= 0.3 is 0 Å². The average molecular weight is 463 g/mol. The van der Waals surface area contributed by atoms with Gasteiger partial charge in [-0.1, -0.05) is 30.0 Å². The molecule has 3 heterocycles. The quantitative estimate of drug-likeness (QED) is 0.426. The van der Waals surface area contributed by atoms with Crippen molar-refractivity contribution in [3.05, 3.63) is 76.7 Å². The van der Waals surface area contributed by atoms with Crippen molar-refractivity contribution in [2.75, 3.05) is 38.1 Å². The SMILES string of the molecule is Cc1nc(SCc2ccc(C(=O)NCc3cccnc3)cc2)nc(N2CCN(C)CC2)c1C. The molecule has 7 nitrogen and oxygen atoms in total. The van der Waals surface area contributed by atoms with E-state index in [4.69, 9.17) is 9.97 Å². The number of rotatable bonds is 7. The Morgan fingerprint density at radius 1 is 1.03 bits per heavy atom. The molecule has 0 spiro atoms. The molecule has 0 unspecified atom stereocenters. The monoisotopic (exact) mass is 462 g/mol. The largest absolute Gasteiger partial charge is 0.354 e. The summed E-state index contributed by atoms with van der Waals surface area (Å²) in [5.74, 6) is 1.72. The number of piperazine rings is 1. The Bertz CT molecular complexity index is 1080. The third kappa shape index (κ3) is 6.09. The molecule has 0 aliphatic carbocycles. The number of benzene rings is 1. The van der Waals surface area contributed by atoms with Crippen LogP contribution in [0.1, 0.15) is 32.7 Å². The summed E-state index contributed by atoms with van der Waals surface area (Å²) >= 11 is 1.63. The van der Waals surface area contributed by atoms with Crippen molar-refractivity contribution < 1.29 is 4.79 Å². The van der Waals surface area contributed by atoms with Gasteiger partial charge in [0.05, 0.1) is 0 Å². The Morgan fingerprint density at radius 2 is 1.79 bits per heavy atom. The Kier molecular flexibility index (Phi) is 7.57. The smallest absolute Gasteiger partial charge is 0.251 e. The fraction of sp³-hybridized carbons (Fsp3) is 0.360. The average Bonchev–Trinajstić information content (AvgIpc) is 2.85. The number of carbonyl (C=O) groups excluding carboxylic acids is 1. The third-order valence-electron chi connectivity index (χ3n) is 5.91. The van der Waals surface area contributed by atoms with E-state index in [0.717, 1.165) is 65.3 Å². The van der Waals surface area contributed by atoms with Crippen LogP contribution in [0.2, 0.25) is 0 Å². The fourth-order valence-electron chi connectivity index (χ4n) is 3.67. The van der Waals surface area contributed by atoms with E-state index in [0.29, 0.717) is 12.1 Å². The van der Waals surface area contributed by atoms with Gasteiger partial charge in [0, 0.05) is 67.7 Å². The second-order valence-corrected chi connectivity index (χ2v) is 9.30. The van der Waals surface area contributed by atoms with Crippen LogP contribution >= 0.6 is 11.8 Å². The van der Waals surface area contributed by atoms with E-state index in [1.165, 1.54) is 0 Å². The van der Waals surface area contributed by atoms with Gasteiger partial charge in [0.25, 0.3) is 5.91 Å². The van der Waals surface area contributed by atoms with Crippen LogP contribution in [0.5, 0.6) is 0 Å². The highest BCUT2D eigenvalue weighted by Crippen LogP contribution is 2.26. The maximum Gasteiger partial charge on any atom is 0.251 e. The molecule has 0 bridgehead atoms. The molecule has 0 saturated carbocycles. The molecular formula is C25H30N6OS. The maximum absolute atomic E-state index is 12.4. The standard InChI is InChI=1S/C25H30N6OS/c1-18-19(2)28-25(29-23(18)31-13-11-30(3)12-14-31)33-17-20-6-8-22(9-7-20)24(32)27-16-21-5-4-10-26-15-21/h4-10,15H,11-14,16-17H2,1-3H3,(H,27,32). The Morgan fingerprint density at radius 3 is 2.48 bits per heavy atom. The molecule has 172 valence electrons. The van der Waals surface area contributed by atoms with Crippen molar-refractivity contribution >= 4 is 23.5 Å². The number of nitrogens with zero attached hydrogens (tertiary/aromatic N) is 5. The zero-order valence-corrected chi connectivity index (χ0v) is 20.2. The first-order valence-electron chi connectivity index (χ1n) is 11.2. The summed E-state index contributed by atoms with van der Waals surface area (Å²) in [7, 11) is 2.16. The van der Waals surface area contributed by atoms with E-state index in [2.05, 4.69) is 41.0 Å². The van der Waals surface area contributed by atoms with E-state index in [-0.39, 0.29) is 5.91 Å². The summed E-state index contributed by atoms with van der Waals surface area (Å²) in [4.78, 5) is 30.8. The van der Waals surface area contributed by atoms with Gasteiger partial charge in [0.1, 0.15) is 5.82 Å². The lowest BCUT2D eigenvalue weighted by Gasteiger charge is -2.34. The number of thioether (sulfide) groups is 1. The first-order chi connectivity index (χ1) is 16.0. The molecule has 33 heavy (non-hydrogen) atoms. The maximum atomic E-state index is 12.4. The summed E-state index contributed by atoms with van der Waals surface area (Å²) in [5, 5.41) is 3.73. The molecule has 4 rings (SSSR count). The van der Waals surface area contributed by atoms with Crippen LogP contribution in [0.4, 0.5) is 5.82 Å². The normalized spacial score (nSPS) is 14.3. The van der Waals surface area contributed by atoms with Gasteiger partial charge in [0.2, 0.25) is 0 Å². The second kappa shape index (κ2) is 10.8. The highest BCUT2D eigenvalue weighted by atomic mass is 32.2. The van der Waals surface area contributed by atoms with Gasteiger partial charge in [-0.3, -0.25) is 9.78 Å². The Labute approximate surface area is 199 Å². The first-order valence-corrected chi connectivity index (χ1v) is 12.2. The number of hydrogen-bond donors (Lipinski definition) is 1. The molecule has 0 radical (unpaired) electrons.